The molecule has 3 aromatic rings. The Hall–Kier alpha value is -2.41. The zero-order valence-corrected chi connectivity index (χ0v) is 26.2. The zero-order valence-electron chi connectivity index (χ0n) is 25.3. The average molecular weight is 567 g/mol. The second-order valence-electron chi connectivity index (χ2n) is 12.6. The van der Waals surface area contributed by atoms with Crippen LogP contribution in [0.1, 0.15) is 86.8 Å². The molecule has 0 amide bonds. The van der Waals surface area contributed by atoms with Crippen molar-refractivity contribution >= 4 is 11.8 Å². The molecular formula is C34H46O5S. The molecule has 2 N–H and O–H groups in total. The van der Waals surface area contributed by atoms with E-state index in [0.29, 0.717) is 0 Å². The third-order valence-electron chi connectivity index (χ3n) is 8.76. The number of benzene rings is 1. The van der Waals surface area contributed by atoms with Gasteiger partial charge in [0, 0.05) is 10.8 Å². The van der Waals surface area contributed by atoms with Crippen LogP contribution in [0, 0.1) is 32.6 Å². The lowest BCUT2D eigenvalue weighted by Gasteiger charge is -2.48. The number of aryl methyl sites for hydroxylation is 5. The third-order valence-corrected chi connectivity index (χ3v) is 9.89. The van der Waals surface area contributed by atoms with Crippen molar-refractivity contribution < 1.29 is 23.8 Å². The van der Waals surface area contributed by atoms with Crippen LogP contribution >= 0.6 is 11.8 Å². The molecule has 2 aromatic heterocycles. The molecule has 1 aromatic carbocycles. The van der Waals surface area contributed by atoms with Crippen molar-refractivity contribution in [3.63, 3.8) is 0 Å². The van der Waals surface area contributed by atoms with Crippen molar-refractivity contribution in [2.75, 3.05) is 0 Å². The van der Waals surface area contributed by atoms with Gasteiger partial charge in [-0.3, -0.25) is 0 Å². The fourth-order valence-electron chi connectivity index (χ4n) is 6.05. The van der Waals surface area contributed by atoms with E-state index in [9.17, 15) is 10.2 Å². The van der Waals surface area contributed by atoms with Crippen LogP contribution in [0.15, 0.2) is 61.7 Å². The number of aliphatic hydroxyl groups excluding tert-OH is 2. The van der Waals surface area contributed by atoms with Gasteiger partial charge in [-0.15, -0.1) is 0 Å². The highest BCUT2D eigenvalue weighted by atomic mass is 32.2. The number of furan rings is 2. The molecule has 0 radical (unpaired) electrons. The maximum absolute atomic E-state index is 12.1. The predicted octanol–water partition coefficient (Wildman–Crippen LogP) is 8.19. The van der Waals surface area contributed by atoms with Gasteiger partial charge in [-0.1, -0.05) is 52.4 Å². The molecule has 0 bridgehead atoms. The average Bonchev–Trinajstić information content (AvgIpc) is 3.49. The molecule has 3 heterocycles. The largest absolute Gasteiger partial charge is 0.493 e. The Balaban J connectivity index is 1.71. The topological polar surface area (TPSA) is 76.0 Å². The van der Waals surface area contributed by atoms with Gasteiger partial charge >= 0.3 is 0 Å². The molecule has 0 fully saturated rings. The monoisotopic (exact) mass is 566 g/mol. The van der Waals surface area contributed by atoms with Gasteiger partial charge in [0.2, 0.25) is 0 Å². The fraction of sp³-hybridized carbons (Fsp3) is 0.529. The molecule has 0 saturated heterocycles. The van der Waals surface area contributed by atoms with Crippen LogP contribution in [0.2, 0.25) is 0 Å². The van der Waals surface area contributed by atoms with Crippen LogP contribution in [0.4, 0.5) is 0 Å². The number of rotatable bonds is 10. The standard InChI is InChI=1S/C34H46O5S/c1-21(2)34(14-11-26-13-16-38-24(26)5)28(10-9-25-12-15-37-23(25)4)32(36)31(20-39-34)40-30-17-22(3)27(19-35)18-29(30)33(6,7)8/h12-13,15-18,20-21,28,32,35-36H,9-11,14,19H2,1-8H3. The van der Waals surface area contributed by atoms with Gasteiger partial charge in [0.1, 0.15) is 17.1 Å². The lowest BCUT2D eigenvalue weighted by Crippen LogP contribution is -2.52. The van der Waals surface area contributed by atoms with Crippen LogP contribution in [-0.4, -0.2) is 21.9 Å². The number of thioether (sulfide) groups is 1. The highest BCUT2D eigenvalue weighted by molar-refractivity contribution is 8.03. The minimum atomic E-state index is -0.676. The van der Waals surface area contributed by atoms with E-state index >= 15 is 0 Å². The van der Waals surface area contributed by atoms with Crippen molar-refractivity contribution in [3.8, 4) is 0 Å². The summed E-state index contributed by atoms with van der Waals surface area (Å²) in [5, 5.41) is 22.0. The lowest BCUT2D eigenvalue weighted by molar-refractivity contribution is -0.123. The summed E-state index contributed by atoms with van der Waals surface area (Å²) in [5.41, 5.74) is 4.83. The van der Waals surface area contributed by atoms with Crippen molar-refractivity contribution in [1.82, 2.24) is 0 Å². The highest BCUT2D eigenvalue weighted by Gasteiger charge is 2.50. The maximum atomic E-state index is 12.1. The number of hydrogen-bond acceptors (Lipinski definition) is 6. The predicted molar refractivity (Wildman–Crippen MR) is 161 cm³/mol. The second kappa shape index (κ2) is 12.2. The molecule has 40 heavy (non-hydrogen) atoms. The summed E-state index contributed by atoms with van der Waals surface area (Å²) in [6, 6.07) is 8.32. The minimum Gasteiger partial charge on any atom is -0.493 e. The Bertz CT molecular complexity index is 1320. The van der Waals surface area contributed by atoms with Crippen LogP contribution in [0.5, 0.6) is 0 Å². The Kier molecular flexibility index (Phi) is 9.33. The number of hydrogen-bond donors (Lipinski definition) is 2. The Morgan fingerprint density at radius 3 is 2.10 bits per heavy atom. The summed E-state index contributed by atoms with van der Waals surface area (Å²) in [7, 11) is 0. The van der Waals surface area contributed by atoms with Gasteiger partial charge < -0.3 is 23.8 Å². The lowest BCUT2D eigenvalue weighted by atomic mass is 9.69. The molecular weight excluding hydrogens is 520 g/mol. The molecule has 5 nitrogen and oxygen atoms in total. The molecule has 1 aliphatic rings. The summed E-state index contributed by atoms with van der Waals surface area (Å²) in [6.45, 7) is 17.0. The summed E-state index contributed by atoms with van der Waals surface area (Å²) in [4.78, 5) is 1.91. The van der Waals surface area contributed by atoms with E-state index in [-0.39, 0.29) is 23.9 Å². The Morgan fingerprint density at radius 1 is 0.950 bits per heavy atom. The molecule has 4 rings (SSSR count). The van der Waals surface area contributed by atoms with E-state index in [1.54, 1.807) is 24.3 Å². The fourth-order valence-corrected chi connectivity index (χ4v) is 7.40. The SMILES string of the molecule is Cc1cc(SC2=COC(CCc3ccoc3C)(C(C)C)C(CCc3ccoc3C)C2O)c(C(C)(C)C)cc1CO. The second-order valence-corrected chi connectivity index (χ2v) is 13.7. The summed E-state index contributed by atoms with van der Waals surface area (Å²) < 4.78 is 17.9. The molecule has 218 valence electrons. The number of aliphatic hydroxyl groups is 2. The molecule has 1 aliphatic heterocycles. The van der Waals surface area contributed by atoms with Crippen molar-refractivity contribution in [1.29, 1.82) is 0 Å². The van der Waals surface area contributed by atoms with Gasteiger partial charge in [-0.05, 0) is 104 Å². The van der Waals surface area contributed by atoms with E-state index < -0.39 is 11.7 Å². The Labute approximate surface area is 244 Å². The van der Waals surface area contributed by atoms with Crippen LogP contribution < -0.4 is 0 Å². The summed E-state index contributed by atoms with van der Waals surface area (Å²) >= 11 is 1.59. The molecule has 3 atom stereocenters. The summed E-state index contributed by atoms with van der Waals surface area (Å²) in [6.07, 6.45) is 7.81. The van der Waals surface area contributed by atoms with E-state index in [2.05, 4.69) is 46.8 Å². The Morgan fingerprint density at radius 2 is 1.57 bits per heavy atom. The molecule has 0 aliphatic carbocycles. The van der Waals surface area contributed by atoms with Crippen LogP contribution in [0.3, 0.4) is 0 Å². The van der Waals surface area contributed by atoms with Gasteiger partial charge in [-0.2, -0.15) is 0 Å². The van der Waals surface area contributed by atoms with Gasteiger partial charge in [-0.25, -0.2) is 0 Å². The zero-order chi connectivity index (χ0) is 29.2. The molecule has 3 unspecified atom stereocenters. The van der Waals surface area contributed by atoms with Crippen molar-refractivity contribution in [2.24, 2.45) is 11.8 Å². The minimum absolute atomic E-state index is 0.0108. The highest BCUT2D eigenvalue weighted by Crippen LogP contribution is 2.49. The van der Waals surface area contributed by atoms with Crippen molar-refractivity contribution in [2.45, 2.75) is 110 Å². The van der Waals surface area contributed by atoms with Gasteiger partial charge in [0.15, 0.2) is 0 Å². The normalized spacial score (nSPS) is 21.5. The molecule has 0 spiro atoms. The summed E-state index contributed by atoms with van der Waals surface area (Å²) in [5.74, 6) is 1.93. The van der Waals surface area contributed by atoms with Gasteiger partial charge in [0.05, 0.1) is 36.4 Å². The number of ether oxygens (including phenoxy) is 1. The van der Waals surface area contributed by atoms with E-state index in [1.807, 2.05) is 39.2 Å². The first-order valence-electron chi connectivity index (χ1n) is 14.4. The molecule has 6 heteroatoms. The smallest absolute Gasteiger partial charge is 0.116 e. The first-order valence-corrected chi connectivity index (χ1v) is 15.2. The van der Waals surface area contributed by atoms with Gasteiger partial charge in [0.25, 0.3) is 0 Å². The first kappa shape index (κ1) is 30.5. The van der Waals surface area contributed by atoms with E-state index in [4.69, 9.17) is 13.6 Å². The van der Waals surface area contributed by atoms with Crippen LogP contribution in [0.25, 0.3) is 0 Å². The molecule has 0 saturated carbocycles. The quantitative estimate of drug-likeness (QED) is 0.258. The first-order chi connectivity index (χ1) is 18.9. The van der Waals surface area contributed by atoms with Crippen LogP contribution in [-0.2, 0) is 29.6 Å². The van der Waals surface area contributed by atoms with E-state index in [1.165, 1.54) is 11.1 Å². The maximum Gasteiger partial charge on any atom is 0.116 e. The van der Waals surface area contributed by atoms with Crippen molar-refractivity contribution in [3.05, 3.63) is 87.3 Å². The third kappa shape index (κ3) is 6.24. The van der Waals surface area contributed by atoms with E-state index in [0.717, 1.165) is 63.7 Å².